The first-order valence-electron chi connectivity index (χ1n) is 5.98. The molecule has 21 heavy (non-hydrogen) atoms. The number of hydrogen-bond acceptors (Lipinski definition) is 5. The molecule has 0 aliphatic carbocycles. The molecule has 0 saturated carbocycles. The van der Waals surface area contributed by atoms with Crippen molar-refractivity contribution < 1.29 is 9.02 Å². The van der Waals surface area contributed by atoms with Crippen molar-refractivity contribution in [3.8, 4) is 0 Å². The van der Waals surface area contributed by atoms with Crippen LogP contribution in [0, 0.1) is 5.82 Å². The predicted octanol–water partition coefficient (Wildman–Crippen LogP) is 4.72. The second-order valence-electron chi connectivity index (χ2n) is 4.40. The first-order valence-corrected chi connectivity index (χ1v) is 7.76. The summed E-state index contributed by atoms with van der Waals surface area (Å²) in [5.74, 6) is 0.392. The third kappa shape index (κ3) is 4.18. The fourth-order valence-corrected chi connectivity index (χ4v) is 2.60. The minimum atomic E-state index is -0.327. The topological polar surface area (TPSA) is 51.0 Å². The zero-order chi connectivity index (χ0) is 15.4. The van der Waals surface area contributed by atoms with Crippen LogP contribution < -0.4 is 5.32 Å². The van der Waals surface area contributed by atoms with E-state index >= 15 is 0 Å². The van der Waals surface area contributed by atoms with Gasteiger partial charge in [-0.15, -0.1) is 0 Å². The second kappa shape index (κ2) is 6.91. The van der Waals surface area contributed by atoms with Gasteiger partial charge in [0.15, 0.2) is 10.7 Å². The van der Waals surface area contributed by atoms with E-state index in [1.165, 1.54) is 17.8 Å². The summed E-state index contributed by atoms with van der Waals surface area (Å²) in [7, 11) is 0. The lowest BCUT2D eigenvalue weighted by Crippen LogP contribution is -1.99. The van der Waals surface area contributed by atoms with Crippen molar-refractivity contribution in [1.29, 1.82) is 0 Å². The predicted molar refractivity (Wildman–Crippen MR) is 86.6 cm³/mol. The van der Waals surface area contributed by atoms with Crippen molar-refractivity contribution in [2.75, 3.05) is 11.1 Å². The van der Waals surface area contributed by atoms with E-state index in [0.717, 1.165) is 11.3 Å². The number of rotatable bonds is 6. The Balaban J connectivity index is 2.11. The number of nitrogens with one attached hydrogen (secondary N) is 1. The van der Waals surface area contributed by atoms with Crippen LogP contribution in [0.4, 0.5) is 10.1 Å². The molecular weight excluding hydrogens is 357 g/mol. The molecule has 1 aromatic carbocycles. The Morgan fingerprint density at radius 2 is 2.19 bits per heavy atom. The molecule has 4 nitrogen and oxygen atoms in total. The van der Waals surface area contributed by atoms with Gasteiger partial charge in [-0.3, -0.25) is 0 Å². The van der Waals surface area contributed by atoms with Crippen LogP contribution in [0.25, 0.3) is 5.70 Å². The van der Waals surface area contributed by atoms with Crippen molar-refractivity contribution in [3.05, 3.63) is 52.9 Å². The minimum absolute atomic E-state index is 0.327. The normalized spacial score (nSPS) is 10.4. The third-order valence-corrected chi connectivity index (χ3v) is 4.20. The molecule has 7 heteroatoms. The van der Waals surface area contributed by atoms with Crippen molar-refractivity contribution in [2.45, 2.75) is 11.9 Å². The van der Waals surface area contributed by atoms with Crippen LogP contribution in [-0.2, 0) is 0 Å². The summed E-state index contributed by atoms with van der Waals surface area (Å²) in [6, 6.07) is 4.59. The van der Waals surface area contributed by atoms with Crippen LogP contribution in [0.15, 0.2) is 51.1 Å². The summed E-state index contributed by atoms with van der Waals surface area (Å²) < 4.78 is 18.3. The van der Waals surface area contributed by atoms with E-state index < -0.39 is 0 Å². The first-order chi connectivity index (χ1) is 9.97. The Morgan fingerprint density at radius 1 is 1.43 bits per heavy atom. The number of benzene rings is 1. The van der Waals surface area contributed by atoms with E-state index in [1.54, 1.807) is 12.1 Å². The Morgan fingerprint density at radius 3 is 2.86 bits per heavy atom. The Labute approximate surface area is 134 Å². The third-order valence-electron chi connectivity index (χ3n) is 2.41. The number of thioether (sulfide) groups is 1. The number of nitrogens with zero attached hydrogens (tertiary/aromatic N) is 2. The highest BCUT2D eigenvalue weighted by Gasteiger charge is 2.14. The van der Waals surface area contributed by atoms with E-state index in [1.807, 2.05) is 6.92 Å². The Kier molecular flexibility index (Phi) is 5.19. The Bertz CT molecular complexity index is 687. The summed E-state index contributed by atoms with van der Waals surface area (Å²) >= 11 is 4.60. The number of aromatic nitrogens is 2. The molecule has 0 spiro atoms. The second-order valence-corrected chi connectivity index (χ2v) is 6.21. The smallest absolute Gasteiger partial charge is 0.170 e. The summed E-state index contributed by atoms with van der Waals surface area (Å²) in [4.78, 5) is 0. The average Bonchev–Trinajstić information content (AvgIpc) is 2.89. The van der Waals surface area contributed by atoms with E-state index in [2.05, 4.69) is 44.7 Å². The molecule has 1 N–H and O–H groups in total. The van der Waals surface area contributed by atoms with Crippen molar-refractivity contribution >= 4 is 39.1 Å². The van der Waals surface area contributed by atoms with Gasteiger partial charge in [0, 0.05) is 11.4 Å². The largest absolute Gasteiger partial charge is 0.354 e. The lowest BCUT2D eigenvalue weighted by molar-refractivity contribution is 0.298. The van der Waals surface area contributed by atoms with E-state index in [-0.39, 0.29) is 5.82 Å². The summed E-state index contributed by atoms with van der Waals surface area (Å²) in [5.41, 5.74) is 2.77. The van der Waals surface area contributed by atoms with Gasteiger partial charge in [-0.05, 0) is 51.4 Å². The van der Waals surface area contributed by atoms with Crippen molar-refractivity contribution in [1.82, 2.24) is 10.3 Å². The molecule has 2 rings (SSSR count). The highest BCUT2D eigenvalue weighted by Crippen LogP contribution is 2.27. The molecule has 0 amide bonds. The van der Waals surface area contributed by atoms with Crippen LogP contribution in [-0.4, -0.2) is 16.1 Å². The maximum atomic E-state index is 13.2. The number of hydrogen-bond donors (Lipinski definition) is 1. The molecule has 1 aromatic heterocycles. The van der Waals surface area contributed by atoms with Crippen LogP contribution in [0.1, 0.15) is 12.6 Å². The summed E-state index contributed by atoms with van der Waals surface area (Å²) in [5, 5.41) is 11.4. The first kappa shape index (κ1) is 15.8. The number of anilines is 1. The zero-order valence-corrected chi connectivity index (χ0v) is 13.7. The molecular formula is C14H13BrFN3OS. The molecule has 0 aliphatic heterocycles. The highest BCUT2D eigenvalue weighted by atomic mass is 79.9. The van der Waals surface area contributed by atoms with Crippen molar-refractivity contribution in [3.63, 3.8) is 0 Å². The lowest BCUT2D eigenvalue weighted by atomic mass is 10.3. The van der Waals surface area contributed by atoms with Crippen LogP contribution in [0.5, 0.6) is 0 Å². The van der Waals surface area contributed by atoms with Gasteiger partial charge in [0.25, 0.3) is 0 Å². The zero-order valence-electron chi connectivity index (χ0n) is 11.3. The molecule has 0 fully saturated rings. The van der Waals surface area contributed by atoms with Gasteiger partial charge < -0.3 is 5.32 Å². The van der Waals surface area contributed by atoms with Crippen LogP contribution in [0.3, 0.4) is 0 Å². The fraction of sp³-hybridized carbons (Fsp3) is 0.143. The SMILES string of the molecule is C=C(C)CSc1nonc1C(=C)Nc1ccc(F)c(Br)c1. The molecule has 0 saturated heterocycles. The van der Waals surface area contributed by atoms with Crippen LogP contribution in [0.2, 0.25) is 0 Å². The molecule has 0 atom stereocenters. The Hall–Kier alpha value is -1.60. The molecule has 0 radical (unpaired) electrons. The van der Waals surface area contributed by atoms with Gasteiger partial charge in [-0.2, -0.15) is 0 Å². The van der Waals surface area contributed by atoms with Gasteiger partial charge in [-0.25, -0.2) is 9.02 Å². The van der Waals surface area contributed by atoms with Gasteiger partial charge in [0.05, 0.1) is 10.2 Å². The quantitative estimate of drug-likeness (QED) is 0.589. The summed E-state index contributed by atoms with van der Waals surface area (Å²) in [6.07, 6.45) is 0. The standard InChI is InChI=1S/C14H13BrFN3OS/c1-8(2)7-21-14-13(18-20-19-14)9(3)17-10-4-5-12(16)11(15)6-10/h4-6,17H,1,3,7H2,2H3. The molecule has 0 bridgehead atoms. The van der Waals surface area contributed by atoms with Gasteiger partial charge in [-0.1, -0.05) is 30.5 Å². The van der Waals surface area contributed by atoms with Crippen molar-refractivity contribution in [2.24, 2.45) is 0 Å². The highest BCUT2D eigenvalue weighted by molar-refractivity contribution is 9.10. The molecule has 0 aliphatic rings. The maximum Gasteiger partial charge on any atom is 0.170 e. The van der Waals surface area contributed by atoms with Crippen LogP contribution >= 0.6 is 27.7 Å². The lowest BCUT2D eigenvalue weighted by Gasteiger charge is -2.08. The molecule has 110 valence electrons. The van der Waals surface area contributed by atoms with Gasteiger partial charge >= 0.3 is 0 Å². The minimum Gasteiger partial charge on any atom is -0.354 e. The average molecular weight is 370 g/mol. The summed E-state index contributed by atoms with van der Waals surface area (Å²) in [6.45, 7) is 9.68. The monoisotopic (exact) mass is 369 g/mol. The fourth-order valence-electron chi connectivity index (χ4n) is 1.46. The van der Waals surface area contributed by atoms with Gasteiger partial charge in [0.2, 0.25) is 0 Å². The number of halogens is 2. The van der Waals surface area contributed by atoms with Gasteiger partial charge in [0.1, 0.15) is 5.82 Å². The molecule has 2 aromatic rings. The molecule has 1 heterocycles. The molecule has 0 unspecified atom stereocenters. The maximum absolute atomic E-state index is 13.2. The van der Waals surface area contributed by atoms with E-state index in [0.29, 0.717) is 26.6 Å². The van der Waals surface area contributed by atoms with E-state index in [4.69, 9.17) is 4.63 Å². The van der Waals surface area contributed by atoms with E-state index in [9.17, 15) is 4.39 Å².